The van der Waals surface area contributed by atoms with E-state index in [2.05, 4.69) is 32.0 Å². The van der Waals surface area contributed by atoms with Crippen LogP contribution in [0.4, 0.5) is 4.39 Å². The van der Waals surface area contributed by atoms with Crippen LogP contribution in [0, 0.1) is 5.82 Å². The standard InChI is InChI=1S/C13H16BrFN2O2S/c14-12-9-11(15)1-2-13(12)20(18,19)17-8-5-10-3-6-16-7-4-10/h1-3,9,16-17H,4-8H2. The number of sulfonamides is 1. The molecule has 0 fully saturated rings. The van der Waals surface area contributed by atoms with Gasteiger partial charge in [-0.1, -0.05) is 11.6 Å². The zero-order valence-electron chi connectivity index (χ0n) is 10.8. The second-order valence-corrected chi connectivity index (χ2v) is 7.13. The van der Waals surface area contributed by atoms with Crippen LogP contribution in [-0.4, -0.2) is 28.1 Å². The molecule has 0 unspecified atom stereocenters. The fourth-order valence-corrected chi connectivity index (χ4v) is 4.09. The van der Waals surface area contributed by atoms with E-state index in [0.717, 1.165) is 31.6 Å². The van der Waals surface area contributed by atoms with Crippen LogP contribution in [0.15, 0.2) is 39.2 Å². The molecule has 0 saturated carbocycles. The van der Waals surface area contributed by atoms with Crippen molar-refractivity contribution in [2.75, 3.05) is 19.6 Å². The van der Waals surface area contributed by atoms with Crippen molar-refractivity contribution < 1.29 is 12.8 Å². The molecule has 0 radical (unpaired) electrons. The molecule has 1 aliphatic heterocycles. The lowest BCUT2D eigenvalue weighted by Crippen LogP contribution is -2.27. The Bertz CT molecular complexity index is 617. The summed E-state index contributed by atoms with van der Waals surface area (Å²) in [6.07, 6.45) is 3.73. The lowest BCUT2D eigenvalue weighted by Gasteiger charge is -2.14. The average Bonchev–Trinajstić information content (AvgIpc) is 2.39. The third-order valence-corrected chi connectivity index (χ3v) is 5.52. The van der Waals surface area contributed by atoms with E-state index in [-0.39, 0.29) is 9.37 Å². The zero-order chi connectivity index (χ0) is 14.6. The zero-order valence-corrected chi connectivity index (χ0v) is 13.2. The Morgan fingerprint density at radius 3 is 2.85 bits per heavy atom. The largest absolute Gasteiger partial charge is 0.313 e. The maximum atomic E-state index is 13.0. The summed E-state index contributed by atoms with van der Waals surface area (Å²) >= 11 is 3.07. The van der Waals surface area contributed by atoms with Gasteiger partial charge in [-0.15, -0.1) is 0 Å². The van der Waals surface area contributed by atoms with E-state index >= 15 is 0 Å². The molecule has 1 aromatic rings. The Hall–Kier alpha value is -0.760. The molecule has 1 aliphatic rings. The van der Waals surface area contributed by atoms with E-state index in [0.29, 0.717) is 13.0 Å². The molecule has 0 aromatic heterocycles. The minimum absolute atomic E-state index is 0.0539. The predicted molar refractivity (Wildman–Crippen MR) is 79.5 cm³/mol. The van der Waals surface area contributed by atoms with Gasteiger partial charge < -0.3 is 5.32 Å². The Kier molecular flexibility index (Phi) is 5.31. The van der Waals surface area contributed by atoms with Crippen molar-refractivity contribution in [3.63, 3.8) is 0 Å². The Morgan fingerprint density at radius 1 is 1.40 bits per heavy atom. The molecule has 0 aliphatic carbocycles. The van der Waals surface area contributed by atoms with E-state index in [1.165, 1.54) is 11.6 Å². The van der Waals surface area contributed by atoms with Crippen molar-refractivity contribution in [3.8, 4) is 0 Å². The Morgan fingerprint density at radius 2 is 2.20 bits per heavy atom. The van der Waals surface area contributed by atoms with Crippen molar-refractivity contribution >= 4 is 26.0 Å². The van der Waals surface area contributed by atoms with Gasteiger partial charge in [0.2, 0.25) is 10.0 Å². The summed E-state index contributed by atoms with van der Waals surface area (Å²) < 4.78 is 40.0. The fraction of sp³-hybridized carbons (Fsp3) is 0.385. The van der Waals surface area contributed by atoms with Crippen LogP contribution >= 0.6 is 15.9 Å². The van der Waals surface area contributed by atoms with E-state index in [1.807, 2.05) is 0 Å². The summed E-state index contributed by atoms with van der Waals surface area (Å²) in [4.78, 5) is 0.0539. The molecule has 0 saturated heterocycles. The average molecular weight is 363 g/mol. The molecular weight excluding hydrogens is 347 g/mol. The molecule has 110 valence electrons. The second-order valence-electron chi connectivity index (χ2n) is 4.54. The van der Waals surface area contributed by atoms with Crippen LogP contribution in [0.25, 0.3) is 0 Å². The molecule has 0 bridgehead atoms. The molecule has 2 rings (SSSR count). The Labute approximate surface area is 126 Å². The van der Waals surface area contributed by atoms with Crippen LogP contribution in [0.1, 0.15) is 12.8 Å². The van der Waals surface area contributed by atoms with Crippen molar-refractivity contribution in [3.05, 3.63) is 40.1 Å². The van der Waals surface area contributed by atoms with Gasteiger partial charge in [-0.2, -0.15) is 0 Å². The summed E-state index contributed by atoms with van der Waals surface area (Å²) in [5, 5.41) is 3.20. The minimum atomic E-state index is -3.61. The highest BCUT2D eigenvalue weighted by atomic mass is 79.9. The van der Waals surface area contributed by atoms with Gasteiger partial charge >= 0.3 is 0 Å². The molecule has 1 aromatic carbocycles. The van der Waals surface area contributed by atoms with Gasteiger partial charge in [0.1, 0.15) is 5.82 Å². The highest BCUT2D eigenvalue weighted by Crippen LogP contribution is 2.22. The highest BCUT2D eigenvalue weighted by molar-refractivity contribution is 9.10. The van der Waals surface area contributed by atoms with Gasteiger partial charge in [0.05, 0.1) is 4.90 Å². The number of nitrogens with one attached hydrogen (secondary N) is 2. The summed E-state index contributed by atoms with van der Waals surface area (Å²) in [5.74, 6) is -0.476. The van der Waals surface area contributed by atoms with Gasteiger partial charge in [0.25, 0.3) is 0 Å². The monoisotopic (exact) mass is 362 g/mol. The maximum absolute atomic E-state index is 13.0. The molecule has 1 heterocycles. The van der Waals surface area contributed by atoms with Crippen molar-refractivity contribution in [1.82, 2.24) is 10.0 Å². The molecule has 7 heteroatoms. The molecule has 0 atom stereocenters. The van der Waals surface area contributed by atoms with Crippen molar-refractivity contribution in [1.29, 1.82) is 0 Å². The molecule has 20 heavy (non-hydrogen) atoms. The quantitative estimate of drug-likeness (QED) is 0.789. The van der Waals surface area contributed by atoms with E-state index in [4.69, 9.17) is 0 Å². The number of hydrogen-bond acceptors (Lipinski definition) is 3. The third kappa shape index (κ3) is 4.12. The third-order valence-electron chi connectivity index (χ3n) is 3.08. The van der Waals surface area contributed by atoms with Gasteiger partial charge in [0.15, 0.2) is 0 Å². The smallest absolute Gasteiger partial charge is 0.241 e. The SMILES string of the molecule is O=S(=O)(NCCC1=CCNCC1)c1ccc(F)cc1Br. The van der Waals surface area contributed by atoms with Crippen LogP contribution in [-0.2, 0) is 10.0 Å². The molecule has 2 N–H and O–H groups in total. The van der Waals surface area contributed by atoms with E-state index in [1.54, 1.807) is 0 Å². The van der Waals surface area contributed by atoms with Crippen LogP contribution in [0.2, 0.25) is 0 Å². The number of hydrogen-bond donors (Lipinski definition) is 2. The topological polar surface area (TPSA) is 58.2 Å². The molecule has 0 spiro atoms. The van der Waals surface area contributed by atoms with Gasteiger partial charge in [-0.3, -0.25) is 0 Å². The number of rotatable bonds is 5. The maximum Gasteiger partial charge on any atom is 0.241 e. The van der Waals surface area contributed by atoms with E-state index < -0.39 is 15.8 Å². The number of halogens is 2. The predicted octanol–water partition coefficient (Wildman–Crippen LogP) is 2.18. The first-order valence-electron chi connectivity index (χ1n) is 6.32. The molecule has 4 nitrogen and oxygen atoms in total. The van der Waals surface area contributed by atoms with Gasteiger partial charge in [0, 0.05) is 17.6 Å². The minimum Gasteiger partial charge on any atom is -0.313 e. The molecular formula is C13H16BrFN2O2S. The molecule has 0 amide bonds. The highest BCUT2D eigenvalue weighted by Gasteiger charge is 2.17. The van der Waals surface area contributed by atoms with Crippen molar-refractivity contribution in [2.45, 2.75) is 17.7 Å². The van der Waals surface area contributed by atoms with Crippen LogP contribution in [0.3, 0.4) is 0 Å². The lowest BCUT2D eigenvalue weighted by molar-refractivity contribution is 0.578. The van der Waals surface area contributed by atoms with E-state index in [9.17, 15) is 12.8 Å². The first kappa shape index (κ1) is 15.6. The summed E-state index contributed by atoms with van der Waals surface area (Å²) in [6, 6.07) is 3.53. The summed E-state index contributed by atoms with van der Waals surface area (Å²) in [5.41, 5.74) is 1.25. The first-order chi connectivity index (χ1) is 9.49. The second kappa shape index (κ2) is 6.80. The van der Waals surface area contributed by atoms with Crippen molar-refractivity contribution in [2.24, 2.45) is 0 Å². The summed E-state index contributed by atoms with van der Waals surface area (Å²) in [7, 11) is -3.61. The Balaban J connectivity index is 1.98. The normalized spacial score (nSPS) is 16.0. The van der Waals surface area contributed by atoms with Crippen LogP contribution < -0.4 is 10.0 Å². The number of benzene rings is 1. The van der Waals surface area contributed by atoms with Crippen LogP contribution in [0.5, 0.6) is 0 Å². The fourth-order valence-electron chi connectivity index (χ4n) is 2.01. The lowest BCUT2D eigenvalue weighted by atomic mass is 10.1. The van der Waals surface area contributed by atoms with Gasteiger partial charge in [-0.25, -0.2) is 17.5 Å². The summed E-state index contributed by atoms with van der Waals surface area (Å²) in [6.45, 7) is 2.12. The first-order valence-corrected chi connectivity index (χ1v) is 8.60. The van der Waals surface area contributed by atoms with Gasteiger partial charge in [-0.05, 0) is 53.5 Å².